The molecule has 0 radical (unpaired) electrons. The van der Waals surface area contributed by atoms with Gasteiger partial charge in [0.1, 0.15) is 5.75 Å². The quantitative estimate of drug-likeness (QED) is 0.613. The number of carboxylic acids is 1. The van der Waals surface area contributed by atoms with Crippen molar-refractivity contribution in [3.05, 3.63) is 29.5 Å². The Morgan fingerprint density at radius 3 is 2.55 bits per heavy atom. The van der Waals surface area contributed by atoms with E-state index in [9.17, 15) is 14.4 Å². The summed E-state index contributed by atoms with van der Waals surface area (Å²) in [6, 6.07) is 5.03. The second-order valence-corrected chi connectivity index (χ2v) is 4.73. The number of Topliss-reactive ketones (excluding diaryl/α,β-unsaturated/α-hetero) is 1. The van der Waals surface area contributed by atoms with Crippen molar-refractivity contribution in [2.75, 3.05) is 6.61 Å². The Morgan fingerprint density at radius 1 is 1.32 bits per heavy atom. The molecule has 0 saturated heterocycles. The van der Waals surface area contributed by atoms with Crippen LogP contribution in [-0.4, -0.2) is 33.9 Å². The molecule has 0 aliphatic carbocycles. The number of carbonyl (C=O) groups is 3. The van der Waals surface area contributed by atoms with Crippen molar-refractivity contribution in [1.29, 1.82) is 0 Å². The van der Waals surface area contributed by atoms with Crippen LogP contribution in [0, 0.1) is 6.92 Å². The summed E-state index contributed by atoms with van der Waals surface area (Å²) in [6.07, 6.45) is 0. The molecule has 22 heavy (non-hydrogen) atoms. The number of rotatable bonds is 6. The number of aliphatic carboxylic acids is 1. The van der Waals surface area contributed by atoms with E-state index in [1.807, 2.05) is 11.5 Å². The highest BCUT2D eigenvalue weighted by molar-refractivity contribution is 6.45. The number of amides is 1. The number of aryl methyl sites for hydroxylation is 1. The SMILES string of the molecule is CCn1c(C)c(C(=O)C(N)=O)c2c(OCC(=O)O)cccc21. The molecule has 0 aliphatic heterocycles. The van der Waals surface area contributed by atoms with Crippen molar-refractivity contribution in [3.63, 3.8) is 0 Å². The molecule has 1 amide bonds. The van der Waals surface area contributed by atoms with E-state index in [2.05, 4.69) is 0 Å². The molecule has 7 heteroatoms. The maximum Gasteiger partial charge on any atom is 0.341 e. The topological polar surface area (TPSA) is 112 Å². The third-order valence-electron chi connectivity index (χ3n) is 3.43. The minimum absolute atomic E-state index is 0.158. The van der Waals surface area contributed by atoms with E-state index < -0.39 is 24.3 Å². The molecule has 0 spiro atoms. The summed E-state index contributed by atoms with van der Waals surface area (Å²) in [5, 5.41) is 9.16. The lowest BCUT2D eigenvalue weighted by atomic mass is 10.1. The van der Waals surface area contributed by atoms with Crippen LogP contribution in [0.15, 0.2) is 18.2 Å². The second kappa shape index (κ2) is 5.88. The van der Waals surface area contributed by atoms with Gasteiger partial charge in [-0.2, -0.15) is 0 Å². The maximum absolute atomic E-state index is 12.1. The van der Waals surface area contributed by atoms with Crippen LogP contribution in [0.5, 0.6) is 5.75 Å². The molecule has 0 bridgehead atoms. The van der Waals surface area contributed by atoms with Crippen LogP contribution in [0.1, 0.15) is 23.0 Å². The van der Waals surface area contributed by atoms with Crippen LogP contribution in [0.2, 0.25) is 0 Å². The van der Waals surface area contributed by atoms with E-state index in [4.69, 9.17) is 15.6 Å². The largest absolute Gasteiger partial charge is 0.481 e. The molecule has 3 N–H and O–H groups in total. The lowest BCUT2D eigenvalue weighted by Crippen LogP contribution is -2.24. The van der Waals surface area contributed by atoms with E-state index in [0.29, 0.717) is 23.1 Å². The highest BCUT2D eigenvalue weighted by atomic mass is 16.5. The first-order chi connectivity index (χ1) is 10.4. The minimum atomic E-state index is -1.13. The van der Waals surface area contributed by atoms with Gasteiger partial charge in [0.25, 0.3) is 11.7 Å². The molecule has 2 aromatic rings. The lowest BCUT2D eigenvalue weighted by molar-refractivity contribution is -0.139. The molecule has 0 saturated carbocycles. The molecule has 1 aromatic heterocycles. The predicted octanol–water partition coefficient (Wildman–Crippen LogP) is 1.10. The van der Waals surface area contributed by atoms with Crippen molar-refractivity contribution in [3.8, 4) is 5.75 Å². The first-order valence-electron chi connectivity index (χ1n) is 6.69. The fraction of sp³-hybridized carbons (Fsp3) is 0.267. The lowest BCUT2D eigenvalue weighted by Gasteiger charge is -2.07. The van der Waals surface area contributed by atoms with Gasteiger partial charge in [0, 0.05) is 12.2 Å². The summed E-state index contributed by atoms with van der Waals surface area (Å²) in [5.41, 5.74) is 6.55. The van der Waals surface area contributed by atoms with E-state index in [0.717, 1.165) is 0 Å². The summed E-state index contributed by atoms with van der Waals surface area (Å²) in [6.45, 7) is 3.65. The zero-order valence-electron chi connectivity index (χ0n) is 12.3. The van der Waals surface area contributed by atoms with Crippen molar-refractivity contribution in [2.24, 2.45) is 5.73 Å². The van der Waals surface area contributed by atoms with Gasteiger partial charge in [0.15, 0.2) is 6.61 Å². The highest BCUT2D eigenvalue weighted by Crippen LogP contribution is 2.34. The number of carboxylic acid groups (broad SMARTS) is 1. The molecule has 7 nitrogen and oxygen atoms in total. The number of ether oxygens (including phenoxy) is 1. The third kappa shape index (κ3) is 2.52. The van der Waals surface area contributed by atoms with Crippen LogP contribution in [0.4, 0.5) is 0 Å². The van der Waals surface area contributed by atoms with E-state index >= 15 is 0 Å². The number of nitrogens with zero attached hydrogens (tertiary/aromatic N) is 1. The van der Waals surface area contributed by atoms with Gasteiger partial charge in [0.05, 0.1) is 16.5 Å². The number of hydrogen-bond acceptors (Lipinski definition) is 4. The Labute approximate surface area is 126 Å². The van der Waals surface area contributed by atoms with Gasteiger partial charge in [-0.15, -0.1) is 0 Å². The summed E-state index contributed by atoms with van der Waals surface area (Å²) >= 11 is 0. The molecule has 0 atom stereocenters. The maximum atomic E-state index is 12.1. The Bertz CT molecular complexity index is 776. The fourth-order valence-electron chi connectivity index (χ4n) is 2.56. The number of nitrogens with two attached hydrogens (primary N) is 1. The molecule has 0 aliphatic rings. The average molecular weight is 304 g/mol. The zero-order chi connectivity index (χ0) is 16.4. The number of hydrogen-bond donors (Lipinski definition) is 2. The highest BCUT2D eigenvalue weighted by Gasteiger charge is 2.25. The van der Waals surface area contributed by atoms with E-state index in [1.54, 1.807) is 25.1 Å². The van der Waals surface area contributed by atoms with Crippen LogP contribution in [0.25, 0.3) is 10.9 Å². The third-order valence-corrected chi connectivity index (χ3v) is 3.43. The number of carbonyl (C=O) groups excluding carboxylic acids is 2. The fourth-order valence-corrected chi connectivity index (χ4v) is 2.56. The van der Waals surface area contributed by atoms with Crippen LogP contribution in [-0.2, 0) is 16.1 Å². The van der Waals surface area contributed by atoms with Crippen molar-refractivity contribution in [1.82, 2.24) is 4.57 Å². The zero-order valence-corrected chi connectivity index (χ0v) is 12.3. The smallest absolute Gasteiger partial charge is 0.341 e. The summed E-state index contributed by atoms with van der Waals surface area (Å²) in [7, 11) is 0. The summed E-state index contributed by atoms with van der Waals surface area (Å²) in [5.74, 6) is -2.78. The molecule has 2 rings (SSSR count). The Morgan fingerprint density at radius 2 is 2.00 bits per heavy atom. The number of fused-ring (bicyclic) bond motifs is 1. The molecule has 0 fully saturated rings. The van der Waals surface area contributed by atoms with Crippen molar-refractivity contribution in [2.45, 2.75) is 20.4 Å². The summed E-state index contributed by atoms with van der Waals surface area (Å²) < 4.78 is 7.09. The molecule has 0 unspecified atom stereocenters. The normalized spacial score (nSPS) is 10.6. The van der Waals surface area contributed by atoms with E-state index in [-0.39, 0.29) is 11.3 Å². The first-order valence-corrected chi connectivity index (χ1v) is 6.69. The number of ketones is 1. The standard InChI is InChI=1S/C15H16N2O5/c1-3-17-8(2)12(14(20)15(16)21)13-9(17)5-4-6-10(13)22-7-11(18)19/h4-6H,3,7H2,1-2H3,(H2,16,21)(H,18,19). The van der Waals surface area contributed by atoms with Crippen LogP contribution >= 0.6 is 0 Å². The molecular formula is C15H16N2O5. The molecule has 116 valence electrons. The van der Waals surface area contributed by atoms with Gasteiger partial charge in [0.2, 0.25) is 0 Å². The molecule has 1 aromatic carbocycles. The number of benzene rings is 1. The van der Waals surface area contributed by atoms with Gasteiger partial charge in [-0.25, -0.2) is 4.79 Å². The molecule has 1 heterocycles. The first kappa shape index (κ1) is 15.6. The Hall–Kier alpha value is -2.83. The molecular weight excluding hydrogens is 288 g/mol. The van der Waals surface area contributed by atoms with Crippen molar-refractivity contribution >= 4 is 28.6 Å². The van der Waals surface area contributed by atoms with Gasteiger partial charge < -0.3 is 20.1 Å². The van der Waals surface area contributed by atoms with Crippen LogP contribution in [0.3, 0.4) is 0 Å². The van der Waals surface area contributed by atoms with Crippen LogP contribution < -0.4 is 10.5 Å². The number of primary amides is 1. The van der Waals surface area contributed by atoms with Gasteiger partial charge in [-0.1, -0.05) is 6.07 Å². The number of aromatic nitrogens is 1. The Balaban J connectivity index is 2.75. The average Bonchev–Trinajstić information content (AvgIpc) is 2.75. The van der Waals surface area contributed by atoms with E-state index in [1.165, 1.54) is 0 Å². The van der Waals surface area contributed by atoms with Gasteiger partial charge in [-0.05, 0) is 26.0 Å². The van der Waals surface area contributed by atoms with Gasteiger partial charge >= 0.3 is 5.97 Å². The van der Waals surface area contributed by atoms with Crippen molar-refractivity contribution < 1.29 is 24.2 Å². The summed E-state index contributed by atoms with van der Waals surface area (Å²) in [4.78, 5) is 34.1. The predicted molar refractivity (Wildman–Crippen MR) is 79.0 cm³/mol. The minimum Gasteiger partial charge on any atom is -0.481 e. The second-order valence-electron chi connectivity index (χ2n) is 4.73. The monoisotopic (exact) mass is 304 g/mol. The van der Waals surface area contributed by atoms with Gasteiger partial charge in [-0.3, -0.25) is 9.59 Å². The Kier molecular flexibility index (Phi) is 4.16.